The van der Waals surface area contributed by atoms with Gasteiger partial charge in [0.1, 0.15) is 5.82 Å². The van der Waals surface area contributed by atoms with Crippen molar-refractivity contribution in [1.29, 1.82) is 0 Å². The van der Waals surface area contributed by atoms with Gasteiger partial charge in [0.2, 0.25) is 5.91 Å². The number of pyridine rings is 2. The van der Waals surface area contributed by atoms with Crippen molar-refractivity contribution in [2.75, 3.05) is 5.32 Å². The number of aromatic nitrogens is 4. The molecule has 0 saturated heterocycles. The van der Waals surface area contributed by atoms with E-state index in [1.54, 1.807) is 21.3 Å². The number of para-hydroxylation sites is 2. The van der Waals surface area contributed by atoms with E-state index in [1.807, 2.05) is 24.3 Å². The van der Waals surface area contributed by atoms with Crippen molar-refractivity contribution in [2.45, 2.75) is 51.4 Å². The normalized spacial score (nSPS) is 17.4. The van der Waals surface area contributed by atoms with Gasteiger partial charge in [0, 0.05) is 25.7 Å². The maximum atomic E-state index is 13.6. The zero-order valence-electron chi connectivity index (χ0n) is 21.9. The monoisotopic (exact) mass is 586 g/mol. The second-order valence-electron chi connectivity index (χ2n) is 10.0. The number of rotatable bonds is 6. The summed E-state index contributed by atoms with van der Waals surface area (Å²) in [5, 5.41) is 5.24. The lowest BCUT2D eigenvalue weighted by molar-refractivity contribution is -0.141. The number of nitrogens with zero attached hydrogens (tertiary/aromatic N) is 4. The summed E-state index contributed by atoms with van der Waals surface area (Å²) in [7, 11) is 0. The summed E-state index contributed by atoms with van der Waals surface area (Å²) in [4.78, 5) is 45.2. The van der Waals surface area contributed by atoms with Crippen LogP contribution < -0.4 is 16.3 Å². The quantitative estimate of drug-likeness (QED) is 0.323. The van der Waals surface area contributed by atoms with Gasteiger partial charge < -0.3 is 10.6 Å². The predicted octanol–water partition coefficient (Wildman–Crippen LogP) is 5.20. The molecular weight excluding hydrogens is 561 g/mol. The van der Waals surface area contributed by atoms with Crippen LogP contribution in [0, 0.1) is 5.92 Å². The molecule has 5 rings (SSSR count). The minimum Gasteiger partial charge on any atom is -0.349 e. The van der Waals surface area contributed by atoms with Crippen LogP contribution in [0.15, 0.2) is 59.7 Å². The molecule has 0 radical (unpaired) electrons. The second kappa shape index (κ2) is 11.4. The molecule has 1 aromatic carbocycles. The van der Waals surface area contributed by atoms with Gasteiger partial charge in [-0.2, -0.15) is 13.2 Å². The molecule has 2 amide bonds. The van der Waals surface area contributed by atoms with Crippen LogP contribution in [-0.4, -0.2) is 37.0 Å². The fourth-order valence-corrected chi connectivity index (χ4v) is 5.41. The SMILES string of the molecule is CC(=O)Nc1ccc(-n2c(=O)n(CC3CCC(NC(=O)c4cc(Cl)cnc4C(F)(F)F)CC3)c3ccccc32)cn1. The zero-order chi connectivity index (χ0) is 29.3. The highest BCUT2D eigenvalue weighted by Gasteiger charge is 2.38. The van der Waals surface area contributed by atoms with E-state index in [-0.39, 0.29) is 28.6 Å². The first-order chi connectivity index (χ1) is 19.5. The summed E-state index contributed by atoms with van der Waals surface area (Å²) in [5.41, 5.74) is -0.0898. The van der Waals surface area contributed by atoms with E-state index in [9.17, 15) is 27.6 Å². The molecule has 13 heteroatoms. The third kappa shape index (κ3) is 6.12. The summed E-state index contributed by atoms with van der Waals surface area (Å²) in [6.07, 6.45) is 0.0411. The number of anilines is 1. The van der Waals surface area contributed by atoms with Crippen molar-refractivity contribution in [3.05, 3.63) is 81.6 Å². The first-order valence-electron chi connectivity index (χ1n) is 13.0. The number of benzene rings is 1. The van der Waals surface area contributed by atoms with Crippen molar-refractivity contribution in [3.63, 3.8) is 0 Å². The van der Waals surface area contributed by atoms with Gasteiger partial charge in [-0.05, 0) is 61.9 Å². The van der Waals surface area contributed by atoms with Crippen LogP contribution in [0.5, 0.6) is 0 Å². The van der Waals surface area contributed by atoms with Crippen LogP contribution in [0.3, 0.4) is 0 Å². The molecule has 1 fully saturated rings. The number of carbonyl (C=O) groups excluding carboxylic acids is 2. The Bertz CT molecular complexity index is 1660. The molecule has 9 nitrogen and oxygen atoms in total. The number of fused-ring (bicyclic) bond motifs is 1. The van der Waals surface area contributed by atoms with Crippen LogP contribution >= 0.6 is 11.6 Å². The molecule has 3 heterocycles. The molecule has 0 atom stereocenters. The number of hydrogen-bond acceptors (Lipinski definition) is 5. The van der Waals surface area contributed by atoms with Gasteiger partial charge in [-0.15, -0.1) is 0 Å². The molecular formula is C28H26ClF3N6O3. The van der Waals surface area contributed by atoms with Crippen LogP contribution in [0.1, 0.15) is 48.7 Å². The Kier molecular flexibility index (Phi) is 7.85. The number of amides is 2. The van der Waals surface area contributed by atoms with E-state index in [0.717, 1.165) is 17.8 Å². The van der Waals surface area contributed by atoms with Crippen molar-refractivity contribution >= 4 is 40.3 Å². The van der Waals surface area contributed by atoms with Crippen molar-refractivity contribution in [3.8, 4) is 5.69 Å². The molecule has 4 aromatic rings. The van der Waals surface area contributed by atoms with Crippen LogP contribution in [0.25, 0.3) is 16.7 Å². The Labute approximate surface area is 237 Å². The maximum Gasteiger partial charge on any atom is 0.434 e. The van der Waals surface area contributed by atoms with Gasteiger partial charge in [-0.3, -0.25) is 18.7 Å². The van der Waals surface area contributed by atoms with Gasteiger partial charge in [-0.1, -0.05) is 23.7 Å². The molecule has 0 aliphatic heterocycles. The third-order valence-corrected chi connectivity index (χ3v) is 7.34. The van der Waals surface area contributed by atoms with Gasteiger partial charge in [-0.25, -0.2) is 14.8 Å². The summed E-state index contributed by atoms with van der Waals surface area (Å²) >= 11 is 5.81. The molecule has 0 spiro atoms. The van der Waals surface area contributed by atoms with Gasteiger partial charge in [0.05, 0.1) is 33.5 Å². The number of halogens is 4. The van der Waals surface area contributed by atoms with Crippen LogP contribution in [-0.2, 0) is 17.5 Å². The van der Waals surface area contributed by atoms with Crippen molar-refractivity contribution in [2.24, 2.45) is 5.92 Å². The van der Waals surface area contributed by atoms with E-state index in [4.69, 9.17) is 11.6 Å². The Morgan fingerprint density at radius 2 is 1.73 bits per heavy atom. The lowest BCUT2D eigenvalue weighted by Gasteiger charge is -2.29. The van der Waals surface area contributed by atoms with Crippen molar-refractivity contribution in [1.82, 2.24) is 24.4 Å². The zero-order valence-corrected chi connectivity index (χ0v) is 22.7. The molecule has 1 aliphatic carbocycles. The molecule has 41 heavy (non-hydrogen) atoms. The van der Waals surface area contributed by atoms with Crippen LogP contribution in [0.4, 0.5) is 19.0 Å². The number of imidazole rings is 1. The molecule has 0 bridgehead atoms. The molecule has 1 aliphatic rings. The highest BCUT2D eigenvalue weighted by Crippen LogP contribution is 2.32. The Morgan fingerprint density at radius 3 is 2.37 bits per heavy atom. The fraction of sp³-hybridized carbons (Fsp3) is 0.321. The highest BCUT2D eigenvalue weighted by atomic mass is 35.5. The van der Waals surface area contributed by atoms with Gasteiger partial charge in [0.15, 0.2) is 5.69 Å². The Balaban J connectivity index is 1.30. The molecule has 1 saturated carbocycles. The van der Waals surface area contributed by atoms with E-state index in [1.165, 1.54) is 13.1 Å². The topological polar surface area (TPSA) is 111 Å². The summed E-state index contributed by atoms with van der Waals surface area (Å²) in [5.74, 6) is -0.615. The van der Waals surface area contributed by atoms with Gasteiger partial charge >= 0.3 is 11.9 Å². The van der Waals surface area contributed by atoms with E-state index >= 15 is 0 Å². The summed E-state index contributed by atoms with van der Waals surface area (Å²) in [6.45, 7) is 1.83. The Morgan fingerprint density at radius 1 is 1.02 bits per heavy atom. The number of carbonyl (C=O) groups is 2. The lowest BCUT2D eigenvalue weighted by atomic mass is 9.85. The van der Waals surface area contributed by atoms with Crippen LogP contribution in [0.2, 0.25) is 5.02 Å². The molecule has 2 N–H and O–H groups in total. The van der Waals surface area contributed by atoms with Gasteiger partial charge in [0.25, 0.3) is 5.91 Å². The summed E-state index contributed by atoms with van der Waals surface area (Å²) in [6, 6.07) is 11.4. The summed E-state index contributed by atoms with van der Waals surface area (Å²) < 4.78 is 43.4. The molecule has 3 aromatic heterocycles. The van der Waals surface area contributed by atoms with Crippen molar-refractivity contribution < 1.29 is 22.8 Å². The number of hydrogen-bond donors (Lipinski definition) is 2. The lowest BCUT2D eigenvalue weighted by Crippen LogP contribution is -2.39. The minimum atomic E-state index is -4.79. The molecule has 0 unspecified atom stereocenters. The second-order valence-corrected chi connectivity index (χ2v) is 10.5. The third-order valence-electron chi connectivity index (χ3n) is 7.14. The van der Waals surface area contributed by atoms with E-state index in [2.05, 4.69) is 20.6 Å². The predicted molar refractivity (Wildman–Crippen MR) is 147 cm³/mol. The number of alkyl halides is 3. The highest BCUT2D eigenvalue weighted by molar-refractivity contribution is 6.30. The average Bonchev–Trinajstić information content (AvgIpc) is 3.20. The number of nitrogens with one attached hydrogen (secondary N) is 2. The van der Waals surface area contributed by atoms with E-state index < -0.39 is 23.3 Å². The fourth-order valence-electron chi connectivity index (χ4n) is 5.26. The largest absolute Gasteiger partial charge is 0.434 e. The minimum absolute atomic E-state index is 0.0593. The first-order valence-corrected chi connectivity index (χ1v) is 13.4. The smallest absolute Gasteiger partial charge is 0.349 e. The Hall–Kier alpha value is -4.19. The average molecular weight is 587 g/mol. The van der Waals surface area contributed by atoms with E-state index in [0.29, 0.717) is 49.2 Å². The first kappa shape index (κ1) is 28.3. The maximum absolute atomic E-state index is 13.6. The standard InChI is InChI=1S/C28H26ClF3N6O3/c1-16(39)35-24-11-10-20(14-33-24)38-23-5-3-2-4-22(23)37(27(38)41)15-17-6-8-19(9-7-17)36-26(40)21-12-18(29)13-34-25(21)28(30,31)32/h2-5,10-14,17,19H,6-9,15H2,1H3,(H,36,40)(H,33,35,39). The molecule has 214 valence electrons.